The van der Waals surface area contributed by atoms with Crippen molar-refractivity contribution in [2.24, 2.45) is 46.3 Å². The van der Waals surface area contributed by atoms with Crippen molar-refractivity contribution >= 4 is 10.1 Å². The van der Waals surface area contributed by atoms with E-state index in [1.165, 1.54) is 56.6 Å². The van der Waals surface area contributed by atoms with Crippen molar-refractivity contribution in [2.45, 2.75) is 101 Å². The first-order valence-electron chi connectivity index (χ1n) is 15.7. The Kier molecular flexibility index (Phi) is 6.54. The number of aryl methyl sites for hydroxylation is 1. The van der Waals surface area contributed by atoms with Gasteiger partial charge in [-0.3, -0.25) is 0 Å². The zero-order valence-electron chi connectivity index (χ0n) is 23.5. The number of nitrogens with zero attached hydrogens (tertiary/aromatic N) is 1. The molecule has 1 saturated heterocycles. The number of nitrogens with one attached hydrogen (secondary N) is 1. The van der Waals surface area contributed by atoms with E-state index in [0.717, 1.165) is 58.9 Å². The number of hydrogen-bond donors (Lipinski definition) is 1. The van der Waals surface area contributed by atoms with Gasteiger partial charge >= 0.3 is 10.1 Å². The molecule has 5 nitrogen and oxygen atoms in total. The van der Waals surface area contributed by atoms with Gasteiger partial charge in [-0.1, -0.05) is 17.7 Å². The molecule has 1 spiro atoms. The van der Waals surface area contributed by atoms with Crippen LogP contribution in [-0.4, -0.2) is 39.7 Å². The van der Waals surface area contributed by atoms with Crippen molar-refractivity contribution in [1.29, 1.82) is 0 Å². The summed E-state index contributed by atoms with van der Waals surface area (Å²) in [4.78, 5) is 0.222. The Morgan fingerprint density at radius 1 is 0.868 bits per heavy atom. The molecule has 0 radical (unpaired) electrons. The molecule has 9 aliphatic rings. The second-order valence-electron chi connectivity index (χ2n) is 15.0. The predicted octanol–water partition coefficient (Wildman–Crippen LogP) is 6.33. The summed E-state index contributed by atoms with van der Waals surface area (Å²) >= 11 is 0. The van der Waals surface area contributed by atoms with Gasteiger partial charge in [-0.05, 0) is 155 Å². The minimum absolute atomic E-state index is 0.222. The van der Waals surface area contributed by atoms with E-state index in [0.29, 0.717) is 12.0 Å². The van der Waals surface area contributed by atoms with Crippen molar-refractivity contribution in [1.82, 2.24) is 10.4 Å². The van der Waals surface area contributed by atoms with E-state index >= 15 is 0 Å². The van der Waals surface area contributed by atoms with Gasteiger partial charge in [0, 0.05) is 19.6 Å². The lowest BCUT2D eigenvalue weighted by Gasteiger charge is -2.58. The molecule has 9 fully saturated rings. The van der Waals surface area contributed by atoms with Crippen molar-refractivity contribution in [3.63, 3.8) is 0 Å². The van der Waals surface area contributed by atoms with Crippen molar-refractivity contribution < 1.29 is 12.7 Å². The lowest BCUT2D eigenvalue weighted by atomic mass is 9.48. The van der Waals surface area contributed by atoms with Crippen LogP contribution in [0.15, 0.2) is 29.2 Å². The Morgan fingerprint density at radius 3 is 2.00 bits per heavy atom. The molecule has 8 aliphatic carbocycles. The van der Waals surface area contributed by atoms with Gasteiger partial charge in [0.2, 0.25) is 0 Å². The summed E-state index contributed by atoms with van der Waals surface area (Å²) in [6.45, 7) is 3.94. The third-order valence-corrected chi connectivity index (χ3v) is 13.4. The van der Waals surface area contributed by atoms with Gasteiger partial charge in [0.05, 0.1) is 4.90 Å². The molecule has 38 heavy (non-hydrogen) atoms. The van der Waals surface area contributed by atoms with Crippen molar-refractivity contribution in [3.8, 4) is 0 Å². The molecular formula is C32H48N2O3S. The minimum Gasteiger partial charge on any atom is -0.313 e. The second kappa shape index (κ2) is 9.56. The summed E-state index contributed by atoms with van der Waals surface area (Å²) in [5.41, 5.74) is 2.28. The topological polar surface area (TPSA) is 58.6 Å². The normalized spacial score (nSPS) is 43.8. The van der Waals surface area contributed by atoms with E-state index in [9.17, 15) is 8.42 Å². The Bertz CT molecular complexity index is 1080. The fourth-order valence-electron chi connectivity index (χ4n) is 11.4. The largest absolute Gasteiger partial charge is 0.313 e. The summed E-state index contributed by atoms with van der Waals surface area (Å²) in [6, 6.07) is 7.76. The highest BCUT2D eigenvalue weighted by molar-refractivity contribution is 7.86. The smallest absolute Gasteiger partial charge is 0.313 e. The van der Waals surface area contributed by atoms with Gasteiger partial charge in [-0.25, -0.2) is 0 Å². The first kappa shape index (κ1) is 26.0. The molecule has 1 aromatic carbocycles. The third kappa shape index (κ3) is 4.80. The zero-order valence-corrected chi connectivity index (χ0v) is 24.4. The highest BCUT2D eigenvalue weighted by Gasteiger charge is 2.58. The van der Waals surface area contributed by atoms with Crippen LogP contribution < -0.4 is 5.32 Å². The van der Waals surface area contributed by atoms with Gasteiger partial charge in [-0.2, -0.15) is 17.8 Å². The van der Waals surface area contributed by atoms with Crippen LogP contribution in [0, 0.1) is 53.3 Å². The maximum absolute atomic E-state index is 12.4. The maximum atomic E-state index is 12.4. The van der Waals surface area contributed by atoms with Crippen molar-refractivity contribution in [3.05, 3.63) is 29.8 Å². The van der Waals surface area contributed by atoms with E-state index in [4.69, 9.17) is 4.28 Å². The van der Waals surface area contributed by atoms with Gasteiger partial charge in [0.15, 0.2) is 0 Å². The van der Waals surface area contributed by atoms with E-state index < -0.39 is 10.1 Å². The summed E-state index contributed by atoms with van der Waals surface area (Å²) < 4.78 is 30.2. The van der Waals surface area contributed by atoms with Crippen LogP contribution >= 0.6 is 0 Å². The third-order valence-electron chi connectivity index (χ3n) is 12.1. The van der Waals surface area contributed by atoms with Crippen LogP contribution in [0.4, 0.5) is 0 Å². The van der Waals surface area contributed by atoms with Crippen molar-refractivity contribution in [2.75, 3.05) is 20.1 Å². The van der Waals surface area contributed by atoms with Crippen LogP contribution in [0.1, 0.15) is 89.0 Å². The number of hydrogen-bond acceptors (Lipinski definition) is 5. The molecule has 6 heteroatoms. The molecule has 8 bridgehead atoms. The number of rotatable bonds is 6. The Labute approximate surface area is 230 Å². The second-order valence-corrected chi connectivity index (χ2v) is 16.5. The van der Waals surface area contributed by atoms with E-state index in [-0.39, 0.29) is 4.90 Å². The fourth-order valence-corrected chi connectivity index (χ4v) is 12.3. The molecule has 8 saturated carbocycles. The molecule has 1 aliphatic heterocycles. The summed E-state index contributed by atoms with van der Waals surface area (Å²) in [5, 5.41) is 5.31. The van der Waals surface area contributed by atoms with Gasteiger partial charge < -0.3 is 5.32 Å². The average Bonchev–Trinajstić information content (AvgIpc) is 3.26. The molecule has 1 heterocycles. The molecule has 210 valence electrons. The Morgan fingerprint density at radius 2 is 1.42 bits per heavy atom. The molecule has 1 N–H and O–H groups in total. The number of hydroxylamine groups is 2. The quantitative estimate of drug-likeness (QED) is 0.428. The molecular weight excluding hydrogens is 492 g/mol. The van der Waals surface area contributed by atoms with E-state index in [2.05, 4.69) is 5.32 Å². The SMILES string of the molecule is C1CC23CC4CC(CC(C4)C2N1)C3.Cc1ccc(S(=O)(=O)ON(C)CCC23CC4CC(CC(C4)C2)C3)cc1. The van der Waals surface area contributed by atoms with Gasteiger partial charge in [-0.15, -0.1) is 0 Å². The highest BCUT2D eigenvalue weighted by Crippen LogP contribution is 2.63. The monoisotopic (exact) mass is 540 g/mol. The van der Waals surface area contributed by atoms with Gasteiger partial charge in [0.1, 0.15) is 0 Å². The zero-order chi connectivity index (χ0) is 26.1. The Hall–Kier alpha value is -0.950. The number of benzene rings is 1. The molecule has 3 atom stereocenters. The lowest BCUT2D eigenvalue weighted by Crippen LogP contribution is -2.56. The summed E-state index contributed by atoms with van der Waals surface area (Å²) in [5.74, 6) is 6.12. The molecule has 10 rings (SSSR count). The standard InChI is InChI=1S/C20H29NO3S.C12H19N/c1-15-3-5-19(6-4-15)25(22,23)24-21(2)8-7-20-12-16-9-17(13-20)11-18(10-16)14-20;1-2-13-11-10-4-8-3-9(5-10)7-12(1,11)6-8/h3-6,16-18H,7-14H2,1-2H3;8-11,13H,1-7H2. The van der Waals surface area contributed by atoms with Crippen LogP contribution in [0.5, 0.6) is 0 Å². The average molecular weight is 541 g/mol. The molecule has 3 unspecified atom stereocenters. The maximum Gasteiger partial charge on any atom is 0.313 e. The lowest BCUT2D eigenvalue weighted by molar-refractivity contribution is -0.0844. The minimum atomic E-state index is -3.73. The first-order valence-corrected chi connectivity index (χ1v) is 17.1. The van der Waals surface area contributed by atoms with Gasteiger partial charge in [0.25, 0.3) is 0 Å². The predicted molar refractivity (Wildman–Crippen MR) is 150 cm³/mol. The fraction of sp³-hybridized carbons (Fsp3) is 0.812. The molecule has 0 amide bonds. The van der Waals surface area contributed by atoms with Crippen LogP contribution in [-0.2, 0) is 14.4 Å². The van der Waals surface area contributed by atoms with Crippen LogP contribution in [0.2, 0.25) is 0 Å². The molecule has 1 aromatic rings. The Balaban J connectivity index is 0.000000154. The highest BCUT2D eigenvalue weighted by atomic mass is 32.2. The van der Waals surface area contributed by atoms with Crippen LogP contribution in [0.25, 0.3) is 0 Å². The van der Waals surface area contributed by atoms with E-state index in [1.54, 1.807) is 63.4 Å². The first-order chi connectivity index (χ1) is 18.2. The summed E-state index contributed by atoms with van der Waals surface area (Å²) in [6.07, 6.45) is 18.8. The van der Waals surface area contributed by atoms with E-state index in [1.807, 2.05) is 6.92 Å². The molecule has 0 aromatic heterocycles. The summed E-state index contributed by atoms with van der Waals surface area (Å²) in [7, 11) is -1.99. The van der Waals surface area contributed by atoms with Crippen LogP contribution in [0.3, 0.4) is 0 Å².